The third kappa shape index (κ3) is 13.2. The number of likely N-dealkylation sites (N-methyl/N-ethyl adjacent to an activating group) is 4. The lowest BCUT2D eigenvalue weighted by Crippen LogP contribution is -2.29. The topological polar surface area (TPSA) is 209 Å². The largest absolute Gasteiger partial charge is 0.494 e. The summed E-state index contributed by atoms with van der Waals surface area (Å²) in [6.07, 6.45) is 9.10. The zero-order chi connectivity index (χ0) is 54.5. The van der Waals surface area contributed by atoms with Crippen molar-refractivity contribution in [3.8, 4) is 23.1 Å². The number of nitrogens with one attached hydrogen (secondary N) is 4. The van der Waals surface area contributed by atoms with Gasteiger partial charge in [-0.25, -0.2) is 9.97 Å². The molecule has 20 nitrogen and oxygen atoms in total. The van der Waals surface area contributed by atoms with Gasteiger partial charge in [0, 0.05) is 100 Å². The van der Waals surface area contributed by atoms with Crippen LogP contribution in [0.4, 0.5) is 46.0 Å². The number of hydrogen-bond acceptors (Lipinski definition) is 16. The quantitative estimate of drug-likeness (QED) is 0.0552. The lowest BCUT2D eigenvalue weighted by Gasteiger charge is -2.26. The van der Waals surface area contributed by atoms with E-state index in [1.165, 1.54) is 24.3 Å². The molecule has 0 atom stereocenters. The van der Waals surface area contributed by atoms with Crippen LogP contribution < -0.4 is 51.4 Å². The molecule has 392 valence electrons. The van der Waals surface area contributed by atoms with Crippen molar-refractivity contribution in [2.24, 2.45) is 0 Å². The van der Waals surface area contributed by atoms with Crippen molar-refractivity contribution in [1.29, 1.82) is 0 Å². The SMILES string of the molecule is C=CC(=O)Nc1cc(Nc2nccc(-n3ccc(=O)c4ccccc43)n2)c(OC)cc1N(C)CCN(C)C.C=CC(=O)Nc1cc(Nc2nccc(-n3ccc(=O)c4ccccc43)n2)c(OC)cc1N(C)CCN(C)C. The number of carbonyl (C=O) groups is 2. The van der Waals surface area contributed by atoms with Crippen LogP contribution in [0.15, 0.2) is 157 Å². The van der Waals surface area contributed by atoms with Gasteiger partial charge in [0.1, 0.15) is 23.1 Å². The van der Waals surface area contributed by atoms with E-state index in [1.807, 2.05) is 110 Å². The van der Waals surface area contributed by atoms with E-state index in [9.17, 15) is 19.2 Å². The van der Waals surface area contributed by atoms with Gasteiger partial charge in [0.2, 0.25) is 23.7 Å². The van der Waals surface area contributed by atoms with Gasteiger partial charge in [0.05, 0.1) is 59.4 Å². The monoisotopic (exact) mass is 1030 g/mol. The molecule has 8 aromatic rings. The first-order valence-electron chi connectivity index (χ1n) is 24.1. The first-order chi connectivity index (χ1) is 36.6. The zero-order valence-electron chi connectivity index (χ0n) is 43.9. The average Bonchev–Trinajstić information content (AvgIpc) is 3.42. The maximum atomic E-state index is 12.3. The number of aromatic nitrogens is 6. The summed E-state index contributed by atoms with van der Waals surface area (Å²) in [5.74, 6) is 2.25. The van der Waals surface area contributed by atoms with E-state index in [1.54, 1.807) is 75.4 Å². The van der Waals surface area contributed by atoms with Crippen molar-refractivity contribution in [3.63, 3.8) is 0 Å². The summed E-state index contributed by atoms with van der Waals surface area (Å²) >= 11 is 0. The van der Waals surface area contributed by atoms with E-state index >= 15 is 0 Å². The molecule has 76 heavy (non-hydrogen) atoms. The number of benzene rings is 4. The summed E-state index contributed by atoms with van der Waals surface area (Å²) in [5, 5.41) is 13.4. The van der Waals surface area contributed by atoms with Crippen molar-refractivity contribution in [2.75, 3.05) is 114 Å². The second-order valence-corrected chi connectivity index (χ2v) is 17.8. The fourth-order valence-electron chi connectivity index (χ4n) is 7.95. The van der Waals surface area contributed by atoms with E-state index in [4.69, 9.17) is 9.47 Å². The van der Waals surface area contributed by atoms with Crippen LogP contribution in [0.2, 0.25) is 0 Å². The molecule has 4 N–H and O–H groups in total. The fourth-order valence-corrected chi connectivity index (χ4v) is 7.95. The Morgan fingerprint density at radius 3 is 1.32 bits per heavy atom. The molecular weight excluding hydrogens is 965 g/mol. The molecule has 0 spiro atoms. The molecular formula is C56H62N14O6. The average molecular weight is 1030 g/mol. The Labute approximate surface area is 440 Å². The van der Waals surface area contributed by atoms with Crippen LogP contribution in [0.25, 0.3) is 33.4 Å². The molecule has 0 aliphatic rings. The molecule has 0 saturated heterocycles. The van der Waals surface area contributed by atoms with Gasteiger partial charge in [0.15, 0.2) is 10.9 Å². The summed E-state index contributed by atoms with van der Waals surface area (Å²) < 4.78 is 15.0. The van der Waals surface area contributed by atoms with Crippen molar-refractivity contribution < 1.29 is 19.1 Å². The number of ether oxygens (including phenoxy) is 2. The van der Waals surface area contributed by atoms with Gasteiger partial charge in [0.25, 0.3) is 0 Å². The Balaban J connectivity index is 0.000000221. The summed E-state index contributed by atoms with van der Waals surface area (Å²) in [6, 6.07) is 28.6. The van der Waals surface area contributed by atoms with Gasteiger partial charge in [-0.3, -0.25) is 19.2 Å². The molecule has 0 radical (unpaired) electrons. The highest BCUT2D eigenvalue weighted by Crippen LogP contribution is 2.39. The van der Waals surface area contributed by atoms with Gasteiger partial charge in [-0.1, -0.05) is 37.4 Å². The van der Waals surface area contributed by atoms with Crippen LogP contribution in [0.5, 0.6) is 11.5 Å². The number of fused-ring (bicyclic) bond motifs is 2. The number of amides is 2. The molecule has 0 fully saturated rings. The number of anilines is 8. The van der Waals surface area contributed by atoms with Gasteiger partial charge in [-0.05, 0) is 88.9 Å². The highest BCUT2D eigenvalue weighted by Gasteiger charge is 2.19. The third-order valence-corrected chi connectivity index (χ3v) is 12.0. The van der Waals surface area contributed by atoms with Crippen LogP contribution in [0.3, 0.4) is 0 Å². The normalized spacial score (nSPS) is 10.9. The third-order valence-electron chi connectivity index (χ3n) is 12.0. The second kappa shape index (κ2) is 25.0. The molecule has 0 bridgehead atoms. The standard InChI is InChI=1S/2C28H31N7O3/c2*1-6-27(37)30-20-17-21(25(38-5)18-23(20)34(4)16-15-33(2)3)31-28-29-13-11-26(32-28)35-14-12-24(36)19-9-7-8-10-22(19)35/h2*6-14,17-18H,1,15-16H2,2-5H3,(H,30,37)(H,29,31,32). The Hall–Kier alpha value is -9.40. The van der Waals surface area contributed by atoms with E-state index < -0.39 is 0 Å². The first-order valence-corrected chi connectivity index (χ1v) is 24.1. The van der Waals surface area contributed by atoms with E-state index in [-0.39, 0.29) is 22.7 Å². The molecule has 20 heteroatoms. The molecule has 0 aliphatic carbocycles. The molecule has 4 heterocycles. The number of rotatable bonds is 20. The highest BCUT2D eigenvalue weighted by atomic mass is 16.5. The van der Waals surface area contributed by atoms with E-state index in [0.717, 1.165) is 48.6 Å². The molecule has 0 saturated carbocycles. The fraction of sp³-hybridized carbons (Fsp3) is 0.214. The number of para-hydroxylation sites is 2. The first kappa shape index (κ1) is 54.4. The molecule has 0 unspecified atom stereocenters. The van der Waals surface area contributed by atoms with E-state index in [2.05, 4.69) is 64.2 Å². The van der Waals surface area contributed by atoms with Gasteiger partial charge in [-0.2, -0.15) is 9.97 Å². The lowest BCUT2D eigenvalue weighted by molar-refractivity contribution is -0.112. The summed E-state index contributed by atoms with van der Waals surface area (Å²) in [4.78, 5) is 75.4. The molecule has 4 aromatic heterocycles. The predicted molar refractivity (Wildman–Crippen MR) is 304 cm³/mol. The zero-order valence-corrected chi connectivity index (χ0v) is 43.9. The van der Waals surface area contributed by atoms with Gasteiger partial charge < -0.3 is 59.5 Å². The van der Waals surface area contributed by atoms with Crippen molar-refractivity contribution in [2.45, 2.75) is 0 Å². The lowest BCUT2D eigenvalue weighted by atomic mass is 10.2. The minimum Gasteiger partial charge on any atom is -0.494 e. The van der Waals surface area contributed by atoms with Gasteiger partial charge >= 0.3 is 0 Å². The van der Waals surface area contributed by atoms with Gasteiger partial charge in [-0.15, -0.1) is 0 Å². The Morgan fingerprint density at radius 1 is 0.553 bits per heavy atom. The molecule has 2 amide bonds. The minimum absolute atomic E-state index is 0.0567. The number of pyridine rings is 2. The molecule has 0 aliphatic heterocycles. The number of methoxy groups -OCH3 is 2. The van der Waals surface area contributed by atoms with Crippen LogP contribution in [-0.4, -0.2) is 133 Å². The van der Waals surface area contributed by atoms with E-state index in [0.29, 0.717) is 68.6 Å². The van der Waals surface area contributed by atoms with Crippen molar-refractivity contribution in [1.82, 2.24) is 38.9 Å². The highest BCUT2D eigenvalue weighted by molar-refractivity contribution is 6.03. The second-order valence-electron chi connectivity index (χ2n) is 17.8. The predicted octanol–water partition coefficient (Wildman–Crippen LogP) is 7.31. The summed E-state index contributed by atoms with van der Waals surface area (Å²) in [5.41, 5.74) is 5.25. The van der Waals surface area contributed by atoms with Crippen LogP contribution >= 0.6 is 0 Å². The smallest absolute Gasteiger partial charge is 0.247 e. The maximum Gasteiger partial charge on any atom is 0.247 e. The summed E-state index contributed by atoms with van der Waals surface area (Å²) in [7, 11) is 15.1. The molecule has 4 aromatic carbocycles. The Kier molecular flexibility index (Phi) is 17.9. The Morgan fingerprint density at radius 2 is 0.947 bits per heavy atom. The van der Waals surface area contributed by atoms with Crippen molar-refractivity contribution >= 4 is 79.6 Å². The number of nitrogens with zero attached hydrogens (tertiary/aromatic N) is 10. The van der Waals surface area contributed by atoms with Crippen LogP contribution in [0, 0.1) is 0 Å². The number of hydrogen-bond donors (Lipinski definition) is 4. The van der Waals surface area contributed by atoms with Crippen molar-refractivity contribution in [3.05, 3.63) is 168 Å². The van der Waals surface area contributed by atoms with Crippen LogP contribution in [-0.2, 0) is 9.59 Å². The maximum absolute atomic E-state index is 12.3. The minimum atomic E-state index is -0.327. The Bertz CT molecular complexity index is 3290. The summed E-state index contributed by atoms with van der Waals surface area (Å²) in [6.45, 7) is 10.3. The van der Waals surface area contributed by atoms with Crippen LogP contribution in [0.1, 0.15) is 0 Å². The molecule has 8 rings (SSSR count). The number of carbonyl (C=O) groups excluding carboxylic acids is 2.